The molecular formula is C25H27N3O2. The van der Waals surface area contributed by atoms with Gasteiger partial charge in [-0.05, 0) is 61.1 Å². The van der Waals surface area contributed by atoms with E-state index >= 15 is 0 Å². The van der Waals surface area contributed by atoms with Gasteiger partial charge in [-0.3, -0.25) is 9.78 Å². The molecule has 3 aromatic rings. The van der Waals surface area contributed by atoms with Gasteiger partial charge >= 0.3 is 0 Å². The first-order valence-corrected chi connectivity index (χ1v) is 9.90. The summed E-state index contributed by atoms with van der Waals surface area (Å²) in [4.78, 5) is 18.6. The molecular weight excluding hydrogens is 374 g/mol. The van der Waals surface area contributed by atoms with Crippen LogP contribution in [0, 0.1) is 0 Å². The van der Waals surface area contributed by atoms with Crippen molar-refractivity contribution in [2.24, 2.45) is 0 Å². The Balaban J connectivity index is 1.49. The maximum absolute atomic E-state index is 12.2. The van der Waals surface area contributed by atoms with E-state index in [0.717, 1.165) is 29.1 Å². The third kappa shape index (κ3) is 6.87. The molecule has 0 aliphatic heterocycles. The number of carbonyl (C=O) groups excluding carboxylic acids is 1. The number of ether oxygens (including phenoxy) is 1. The third-order valence-electron chi connectivity index (χ3n) is 4.48. The summed E-state index contributed by atoms with van der Waals surface area (Å²) in [6.07, 6.45) is 5.10. The van der Waals surface area contributed by atoms with Crippen LogP contribution in [0.3, 0.4) is 0 Å². The summed E-state index contributed by atoms with van der Waals surface area (Å²) in [6, 6.07) is 21.5. The van der Waals surface area contributed by atoms with E-state index < -0.39 is 0 Å². The second-order valence-corrected chi connectivity index (χ2v) is 7.24. The average Bonchev–Trinajstić information content (AvgIpc) is 2.77. The molecule has 30 heavy (non-hydrogen) atoms. The Morgan fingerprint density at radius 3 is 2.43 bits per heavy atom. The van der Waals surface area contributed by atoms with Crippen LogP contribution in [-0.2, 0) is 24.5 Å². The predicted octanol–water partition coefficient (Wildman–Crippen LogP) is 4.05. The first kappa shape index (κ1) is 21.3. The lowest BCUT2D eigenvalue weighted by atomic mass is 10.1. The number of nitrogens with one attached hydrogen (secondary N) is 1. The summed E-state index contributed by atoms with van der Waals surface area (Å²) >= 11 is 0. The molecule has 5 nitrogen and oxygen atoms in total. The highest BCUT2D eigenvalue weighted by molar-refractivity contribution is 5.91. The van der Waals surface area contributed by atoms with Gasteiger partial charge in [0.1, 0.15) is 12.4 Å². The first-order chi connectivity index (χ1) is 14.6. The Bertz CT molecular complexity index is 967. The highest BCUT2D eigenvalue weighted by Gasteiger charge is 2.04. The van der Waals surface area contributed by atoms with E-state index in [-0.39, 0.29) is 5.91 Å². The van der Waals surface area contributed by atoms with Crippen molar-refractivity contribution >= 4 is 12.0 Å². The normalized spacial score (nSPS) is 11.0. The standard InChI is InChI=1S/C25H27N3O2/c1-28(2)18-22-8-4-3-7-21(22)17-27-25(29)15-12-20-10-13-24(14-11-20)30-19-23-9-5-6-16-26-23/h3-16H,17-19H2,1-2H3,(H,27,29)/b15-12+. The van der Waals surface area contributed by atoms with Crippen molar-refractivity contribution in [1.82, 2.24) is 15.2 Å². The molecule has 0 aliphatic carbocycles. The molecule has 0 spiro atoms. The van der Waals surface area contributed by atoms with Gasteiger partial charge in [0.05, 0.1) is 5.69 Å². The van der Waals surface area contributed by atoms with Gasteiger partial charge in [0.15, 0.2) is 0 Å². The summed E-state index contributed by atoms with van der Waals surface area (Å²) in [5.41, 5.74) is 4.16. The summed E-state index contributed by atoms with van der Waals surface area (Å²) < 4.78 is 5.73. The van der Waals surface area contributed by atoms with Crippen LogP contribution in [0.5, 0.6) is 5.75 Å². The van der Waals surface area contributed by atoms with Crippen LogP contribution in [0.1, 0.15) is 22.4 Å². The first-order valence-electron chi connectivity index (χ1n) is 9.90. The Morgan fingerprint density at radius 2 is 1.73 bits per heavy atom. The van der Waals surface area contributed by atoms with Crippen molar-refractivity contribution in [3.05, 3.63) is 101 Å². The minimum Gasteiger partial charge on any atom is -0.487 e. The minimum atomic E-state index is -0.120. The topological polar surface area (TPSA) is 54.5 Å². The van der Waals surface area contributed by atoms with Gasteiger partial charge in [-0.15, -0.1) is 0 Å². The van der Waals surface area contributed by atoms with Gasteiger partial charge in [0, 0.05) is 25.4 Å². The van der Waals surface area contributed by atoms with Crippen molar-refractivity contribution in [2.45, 2.75) is 19.7 Å². The highest BCUT2D eigenvalue weighted by Crippen LogP contribution is 2.15. The largest absolute Gasteiger partial charge is 0.487 e. The molecule has 0 unspecified atom stereocenters. The fourth-order valence-electron chi connectivity index (χ4n) is 2.95. The lowest BCUT2D eigenvalue weighted by molar-refractivity contribution is -0.116. The zero-order valence-corrected chi connectivity index (χ0v) is 17.4. The van der Waals surface area contributed by atoms with Crippen molar-refractivity contribution in [1.29, 1.82) is 0 Å². The van der Waals surface area contributed by atoms with Crippen molar-refractivity contribution < 1.29 is 9.53 Å². The van der Waals surface area contributed by atoms with Gasteiger partial charge in [0.25, 0.3) is 0 Å². The van der Waals surface area contributed by atoms with Gasteiger partial charge in [0.2, 0.25) is 5.91 Å². The zero-order valence-electron chi connectivity index (χ0n) is 17.4. The van der Waals surface area contributed by atoms with Crippen LogP contribution < -0.4 is 10.1 Å². The maximum Gasteiger partial charge on any atom is 0.244 e. The molecule has 0 radical (unpaired) electrons. The van der Waals surface area contributed by atoms with E-state index in [2.05, 4.69) is 21.3 Å². The fraction of sp³-hybridized carbons (Fsp3) is 0.200. The lowest BCUT2D eigenvalue weighted by Crippen LogP contribution is -2.22. The van der Waals surface area contributed by atoms with E-state index in [0.29, 0.717) is 13.2 Å². The number of hydrogen-bond donors (Lipinski definition) is 1. The SMILES string of the molecule is CN(C)Cc1ccccc1CNC(=O)/C=C/c1ccc(OCc2ccccn2)cc1. The molecule has 5 heteroatoms. The van der Waals surface area contributed by atoms with Gasteiger partial charge in [-0.2, -0.15) is 0 Å². The molecule has 0 fully saturated rings. The van der Waals surface area contributed by atoms with Crippen LogP contribution in [0.25, 0.3) is 6.08 Å². The number of rotatable bonds is 9. The smallest absolute Gasteiger partial charge is 0.244 e. The second-order valence-electron chi connectivity index (χ2n) is 7.24. The van der Waals surface area contributed by atoms with Crippen molar-refractivity contribution in [3.63, 3.8) is 0 Å². The number of aromatic nitrogens is 1. The third-order valence-corrected chi connectivity index (χ3v) is 4.48. The van der Waals surface area contributed by atoms with Gasteiger partial charge < -0.3 is 15.0 Å². The van der Waals surface area contributed by atoms with Gasteiger partial charge in [-0.1, -0.05) is 42.5 Å². The van der Waals surface area contributed by atoms with E-state index in [1.165, 1.54) is 5.56 Å². The van der Waals surface area contributed by atoms with Crippen molar-refractivity contribution in [3.8, 4) is 5.75 Å². The summed E-state index contributed by atoms with van der Waals surface area (Å²) in [5, 5.41) is 2.96. The molecule has 1 N–H and O–H groups in total. The monoisotopic (exact) mass is 401 g/mol. The Morgan fingerprint density at radius 1 is 1.00 bits per heavy atom. The van der Waals surface area contributed by atoms with Crippen molar-refractivity contribution in [2.75, 3.05) is 14.1 Å². The van der Waals surface area contributed by atoms with Crippen LogP contribution in [0.4, 0.5) is 0 Å². The number of benzene rings is 2. The Kier molecular flexibility index (Phi) is 7.75. The molecule has 0 saturated heterocycles. The molecule has 0 bridgehead atoms. The number of hydrogen-bond acceptors (Lipinski definition) is 4. The zero-order chi connectivity index (χ0) is 21.2. The molecule has 1 aromatic heterocycles. The maximum atomic E-state index is 12.2. The lowest BCUT2D eigenvalue weighted by Gasteiger charge is -2.14. The average molecular weight is 402 g/mol. The number of nitrogens with zero attached hydrogens (tertiary/aromatic N) is 2. The number of amides is 1. The molecule has 0 saturated carbocycles. The van der Waals surface area contributed by atoms with Crippen LogP contribution in [0.15, 0.2) is 79.0 Å². The van der Waals surface area contributed by atoms with E-state index in [1.807, 2.05) is 74.8 Å². The fourth-order valence-corrected chi connectivity index (χ4v) is 2.95. The van der Waals surface area contributed by atoms with E-state index in [9.17, 15) is 4.79 Å². The highest BCUT2D eigenvalue weighted by atomic mass is 16.5. The summed E-state index contributed by atoms with van der Waals surface area (Å²) in [5.74, 6) is 0.643. The molecule has 0 aliphatic rings. The second kappa shape index (κ2) is 10.9. The quantitative estimate of drug-likeness (QED) is 0.550. The van der Waals surface area contributed by atoms with Crippen LogP contribution >= 0.6 is 0 Å². The number of pyridine rings is 1. The molecule has 1 heterocycles. The summed E-state index contributed by atoms with van der Waals surface area (Å²) in [6.45, 7) is 1.78. The van der Waals surface area contributed by atoms with E-state index in [4.69, 9.17) is 4.74 Å². The van der Waals surface area contributed by atoms with Crippen LogP contribution in [-0.4, -0.2) is 29.9 Å². The predicted molar refractivity (Wildman–Crippen MR) is 120 cm³/mol. The molecule has 154 valence electrons. The minimum absolute atomic E-state index is 0.120. The molecule has 0 atom stereocenters. The summed E-state index contributed by atoms with van der Waals surface area (Å²) in [7, 11) is 4.07. The van der Waals surface area contributed by atoms with Gasteiger partial charge in [-0.25, -0.2) is 0 Å². The molecule has 3 rings (SSSR count). The van der Waals surface area contributed by atoms with E-state index in [1.54, 1.807) is 18.3 Å². The molecule has 1 amide bonds. The molecule has 2 aromatic carbocycles. The number of carbonyl (C=O) groups is 1. The Hall–Kier alpha value is -3.44. The van der Waals surface area contributed by atoms with Crippen LogP contribution in [0.2, 0.25) is 0 Å². The Labute approximate surface area is 178 Å².